The third kappa shape index (κ3) is 2.21. The van der Waals surface area contributed by atoms with Crippen molar-refractivity contribution >= 4 is 0 Å². The molecule has 1 aromatic rings. The molecule has 2 rings (SSSR count). The van der Waals surface area contributed by atoms with Crippen molar-refractivity contribution < 1.29 is 4.74 Å². The molecule has 82 valence electrons. The number of hydrogen-bond donors (Lipinski definition) is 1. The highest BCUT2D eigenvalue weighted by Crippen LogP contribution is 2.33. The van der Waals surface area contributed by atoms with E-state index in [9.17, 15) is 0 Å². The van der Waals surface area contributed by atoms with Crippen molar-refractivity contribution in [2.45, 2.75) is 18.3 Å². The van der Waals surface area contributed by atoms with Gasteiger partial charge in [-0.2, -0.15) is 0 Å². The maximum Gasteiger partial charge on any atom is 0.0471 e. The first-order valence-electron chi connectivity index (χ1n) is 5.63. The van der Waals surface area contributed by atoms with Gasteiger partial charge in [-0.3, -0.25) is 0 Å². The minimum atomic E-state index is 0.303. The van der Waals surface area contributed by atoms with E-state index in [1.165, 1.54) is 12.0 Å². The van der Waals surface area contributed by atoms with E-state index in [2.05, 4.69) is 35.6 Å². The Morgan fingerprint density at radius 3 is 2.73 bits per heavy atom. The topological polar surface area (TPSA) is 21.3 Å². The van der Waals surface area contributed by atoms with Crippen LogP contribution in [-0.2, 0) is 10.2 Å². The summed E-state index contributed by atoms with van der Waals surface area (Å²) in [5, 5.41) is 3.46. The van der Waals surface area contributed by atoms with Crippen molar-refractivity contribution in [2.24, 2.45) is 0 Å². The molecule has 0 bridgehead atoms. The van der Waals surface area contributed by atoms with Crippen LogP contribution in [0.5, 0.6) is 0 Å². The van der Waals surface area contributed by atoms with Crippen LogP contribution in [0.4, 0.5) is 0 Å². The van der Waals surface area contributed by atoms with Gasteiger partial charge in [0.1, 0.15) is 0 Å². The van der Waals surface area contributed by atoms with E-state index in [0.29, 0.717) is 5.41 Å². The van der Waals surface area contributed by atoms with Crippen molar-refractivity contribution in [1.29, 1.82) is 0 Å². The fourth-order valence-corrected chi connectivity index (χ4v) is 2.44. The van der Waals surface area contributed by atoms with Gasteiger partial charge in [-0.1, -0.05) is 30.3 Å². The Balaban J connectivity index is 2.19. The Bertz CT molecular complexity index is 291. The summed E-state index contributed by atoms with van der Waals surface area (Å²) in [5.74, 6) is 0. The molecule has 0 amide bonds. The summed E-state index contributed by atoms with van der Waals surface area (Å²) in [6.45, 7) is 3.05. The zero-order chi connectivity index (χ0) is 10.6. The molecule has 0 saturated carbocycles. The minimum absolute atomic E-state index is 0.303. The second-order valence-corrected chi connectivity index (χ2v) is 4.32. The second-order valence-electron chi connectivity index (χ2n) is 4.32. The van der Waals surface area contributed by atoms with Gasteiger partial charge >= 0.3 is 0 Å². The first-order valence-corrected chi connectivity index (χ1v) is 5.63. The average molecular weight is 205 g/mol. The summed E-state index contributed by atoms with van der Waals surface area (Å²) in [6.07, 6.45) is 2.33. The van der Waals surface area contributed by atoms with Gasteiger partial charge in [-0.05, 0) is 24.9 Å². The van der Waals surface area contributed by atoms with E-state index in [-0.39, 0.29) is 0 Å². The fourth-order valence-electron chi connectivity index (χ4n) is 2.44. The van der Waals surface area contributed by atoms with Crippen molar-refractivity contribution in [3.63, 3.8) is 0 Å². The number of ether oxygens (including phenoxy) is 1. The van der Waals surface area contributed by atoms with Crippen molar-refractivity contribution in [2.75, 3.05) is 26.8 Å². The molecule has 1 atom stereocenters. The van der Waals surface area contributed by atoms with E-state index in [1.54, 1.807) is 7.11 Å². The molecule has 2 heteroatoms. The largest absolute Gasteiger partial charge is 0.385 e. The summed E-state index contributed by atoms with van der Waals surface area (Å²) >= 11 is 0. The summed E-state index contributed by atoms with van der Waals surface area (Å²) in [7, 11) is 1.78. The molecule has 1 fully saturated rings. The van der Waals surface area contributed by atoms with Crippen LogP contribution in [0.2, 0.25) is 0 Å². The highest BCUT2D eigenvalue weighted by Gasteiger charge is 2.34. The van der Waals surface area contributed by atoms with Gasteiger partial charge in [0.05, 0.1) is 0 Å². The predicted octanol–water partition coefficient (Wildman–Crippen LogP) is 1.95. The smallest absolute Gasteiger partial charge is 0.0471 e. The van der Waals surface area contributed by atoms with Crippen LogP contribution in [0.15, 0.2) is 30.3 Å². The maximum absolute atomic E-state index is 5.22. The molecule has 0 aliphatic carbocycles. The zero-order valence-corrected chi connectivity index (χ0v) is 9.33. The van der Waals surface area contributed by atoms with Gasteiger partial charge in [0.25, 0.3) is 0 Å². The molecule has 0 aromatic heterocycles. The number of methoxy groups -OCH3 is 1. The van der Waals surface area contributed by atoms with Gasteiger partial charge in [0, 0.05) is 25.7 Å². The van der Waals surface area contributed by atoms with E-state index >= 15 is 0 Å². The van der Waals surface area contributed by atoms with Crippen LogP contribution >= 0.6 is 0 Å². The quantitative estimate of drug-likeness (QED) is 0.811. The molecule has 2 nitrogen and oxygen atoms in total. The number of hydrogen-bond acceptors (Lipinski definition) is 2. The molecule has 0 spiro atoms. The monoisotopic (exact) mass is 205 g/mol. The average Bonchev–Trinajstić information content (AvgIpc) is 2.78. The van der Waals surface area contributed by atoms with E-state index in [1.807, 2.05) is 0 Å². The van der Waals surface area contributed by atoms with Crippen LogP contribution in [-0.4, -0.2) is 26.8 Å². The Morgan fingerprint density at radius 2 is 2.13 bits per heavy atom. The molecule has 1 unspecified atom stereocenters. The van der Waals surface area contributed by atoms with Crippen LogP contribution < -0.4 is 5.32 Å². The third-order valence-corrected chi connectivity index (χ3v) is 3.41. The molecule has 1 aliphatic heterocycles. The molecule has 0 radical (unpaired) electrons. The van der Waals surface area contributed by atoms with Gasteiger partial charge in [-0.15, -0.1) is 0 Å². The minimum Gasteiger partial charge on any atom is -0.385 e. The van der Waals surface area contributed by atoms with E-state index < -0.39 is 0 Å². The van der Waals surface area contributed by atoms with Gasteiger partial charge in [-0.25, -0.2) is 0 Å². The summed E-state index contributed by atoms with van der Waals surface area (Å²) in [5.41, 5.74) is 1.75. The molecular formula is C13H19NO. The number of benzene rings is 1. The molecule has 1 saturated heterocycles. The second kappa shape index (κ2) is 4.77. The zero-order valence-electron chi connectivity index (χ0n) is 9.33. The number of nitrogens with one attached hydrogen (secondary N) is 1. The van der Waals surface area contributed by atoms with Gasteiger partial charge < -0.3 is 10.1 Å². The number of rotatable bonds is 4. The van der Waals surface area contributed by atoms with Crippen LogP contribution in [0.25, 0.3) is 0 Å². The van der Waals surface area contributed by atoms with Crippen LogP contribution in [0.3, 0.4) is 0 Å². The molecule has 1 N–H and O–H groups in total. The van der Waals surface area contributed by atoms with Crippen molar-refractivity contribution in [1.82, 2.24) is 5.32 Å². The molecule has 1 aromatic carbocycles. The SMILES string of the molecule is COCCC1(c2ccccc2)CCNC1. The predicted molar refractivity (Wildman–Crippen MR) is 62.1 cm³/mol. The Morgan fingerprint density at radius 1 is 1.33 bits per heavy atom. The van der Waals surface area contributed by atoms with E-state index in [0.717, 1.165) is 26.1 Å². The highest BCUT2D eigenvalue weighted by molar-refractivity contribution is 5.27. The lowest BCUT2D eigenvalue weighted by Crippen LogP contribution is -2.30. The third-order valence-electron chi connectivity index (χ3n) is 3.41. The highest BCUT2D eigenvalue weighted by atomic mass is 16.5. The lowest BCUT2D eigenvalue weighted by atomic mass is 9.77. The first-order chi connectivity index (χ1) is 7.37. The molecule has 15 heavy (non-hydrogen) atoms. The van der Waals surface area contributed by atoms with E-state index in [4.69, 9.17) is 4.74 Å². The Labute approximate surface area is 91.6 Å². The van der Waals surface area contributed by atoms with Gasteiger partial charge in [0.15, 0.2) is 0 Å². The lowest BCUT2D eigenvalue weighted by molar-refractivity contribution is 0.170. The van der Waals surface area contributed by atoms with Crippen LogP contribution in [0, 0.1) is 0 Å². The first kappa shape index (κ1) is 10.7. The van der Waals surface area contributed by atoms with Crippen LogP contribution in [0.1, 0.15) is 18.4 Å². The summed E-state index contributed by atoms with van der Waals surface area (Å²) in [4.78, 5) is 0. The molecule has 1 heterocycles. The summed E-state index contributed by atoms with van der Waals surface area (Å²) in [6, 6.07) is 10.8. The maximum atomic E-state index is 5.22. The normalized spacial score (nSPS) is 25.7. The summed E-state index contributed by atoms with van der Waals surface area (Å²) < 4.78 is 5.22. The van der Waals surface area contributed by atoms with Gasteiger partial charge in [0.2, 0.25) is 0 Å². The van der Waals surface area contributed by atoms with Crippen molar-refractivity contribution in [3.8, 4) is 0 Å². The fraction of sp³-hybridized carbons (Fsp3) is 0.538. The Kier molecular flexibility index (Phi) is 3.39. The Hall–Kier alpha value is -0.860. The van der Waals surface area contributed by atoms with Crippen molar-refractivity contribution in [3.05, 3.63) is 35.9 Å². The lowest BCUT2D eigenvalue weighted by Gasteiger charge is -2.28. The molecular weight excluding hydrogens is 186 g/mol. The molecule has 1 aliphatic rings. The standard InChI is InChI=1S/C13H19NO/c1-15-10-8-13(7-9-14-11-13)12-5-3-2-4-6-12/h2-6,14H,7-11H2,1H3.